The van der Waals surface area contributed by atoms with Crippen molar-refractivity contribution in [2.24, 2.45) is 0 Å². The third kappa shape index (κ3) is 5.41. The van der Waals surface area contributed by atoms with E-state index in [9.17, 15) is 9.18 Å². The molecule has 0 aliphatic heterocycles. The molecule has 37 heavy (non-hydrogen) atoms. The maximum absolute atomic E-state index is 13.4. The summed E-state index contributed by atoms with van der Waals surface area (Å²) in [5.41, 5.74) is 8.21. The Morgan fingerprint density at radius 3 is 2.38 bits per heavy atom. The van der Waals surface area contributed by atoms with Crippen LogP contribution >= 0.6 is 34.8 Å². The van der Waals surface area contributed by atoms with Gasteiger partial charge in [0, 0.05) is 27.6 Å². The molecule has 2 aromatic heterocycles. The van der Waals surface area contributed by atoms with Crippen LogP contribution in [0.3, 0.4) is 0 Å². The summed E-state index contributed by atoms with van der Waals surface area (Å²) in [6.45, 7) is 0. The number of nitrogens with zero attached hydrogens (tertiary/aromatic N) is 5. The zero-order chi connectivity index (χ0) is 25.9. The second-order valence-corrected chi connectivity index (χ2v) is 9.06. The summed E-state index contributed by atoms with van der Waals surface area (Å²) < 4.78 is 14.8. The Bertz CT molecular complexity index is 1550. The number of aromatic amines is 1. The second-order valence-electron chi connectivity index (χ2n) is 7.78. The largest absolute Gasteiger partial charge is 0.298 e. The van der Waals surface area contributed by atoms with Crippen molar-refractivity contribution >= 4 is 46.4 Å². The average Bonchev–Trinajstić information content (AvgIpc) is 3.53. The Morgan fingerprint density at radius 2 is 1.70 bits per heavy atom. The molecule has 9 nitrogen and oxygen atoms in total. The van der Waals surface area contributed by atoms with Crippen LogP contribution in [0.2, 0.25) is 15.1 Å². The first-order valence-electron chi connectivity index (χ1n) is 10.8. The van der Waals surface area contributed by atoms with Crippen molar-refractivity contribution in [1.82, 2.24) is 35.8 Å². The molecule has 0 saturated carbocycles. The van der Waals surface area contributed by atoms with Gasteiger partial charge in [0.25, 0.3) is 5.91 Å². The predicted octanol–water partition coefficient (Wildman–Crippen LogP) is 5.50. The Balaban J connectivity index is 1.65. The molecule has 0 atom stereocenters. The highest BCUT2D eigenvalue weighted by Crippen LogP contribution is 2.34. The topological polar surface area (TPSA) is 113 Å². The van der Waals surface area contributed by atoms with Gasteiger partial charge in [-0.3, -0.25) is 15.6 Å². The van der Waals surface area contributed by atoms with Crippen LogP contribution in [0.25, 0.3) is 16.9 Å². The summed E-state index contributed by atoms with van der Waals surface area (Å²) >= 11 is 18.8. The molecule has 3 N–H and O–H groups in total. The quantitative estimate of drug-likeness (QED) is 0.228. The van der Waals surface area contributed by atoms with Crippen molar-refractivity contribution in [3.8, 4) is 16.9 Å². The fourth-order valence-electron chi connectivity index (χ4n) is 3.67. The van der Waals surface area contributed by atoms with E-state index in [1.165, 1.54) is 24.3 Å². The molecule has 3 aromatic carbocycles. The number of hydrogen-bond acceptors (Lipinski definition) is 6. The van der Waals surface area contributed by atoms with E-state index in [-0.39, 0.29) is 12.1 Å². The number of aromatic nitrogens is 6. The fraction of sp³-hybridized carbons (Fsp3) is 0.0417. The van der Waals surface area contributed by atoms with E-state index in [1.54, 1.807) is 47.1 Å². The van der Waals surface area contributed by atoms with E-state index in [1.807, 2.05) is 0 Å². The first-order valence-corrected chi connectivity index (χ1v) is 11.9. The molecule has 0 aliphatic carbocycles. The van der Waals surface area contributed by atoms with E-state index in [0.717, 1.165) is 0 Å². The standard InChI is InChI=1S/C24H16Cl3FN8O/c25-14-3-1-13(2-4-14)23-18(12-21-30-34-35-31-21)22(24(37)32-29-17-8-6-16(28)7-9-17)33-36(23)20-10-5-15(26)11-19(20)27/h1-11,29H,12H2,(H,32,37)(H,30,31,34,35). The van der Waals surface area contributed by atoms with E-state index < -0.39 is 11.7 Å². The van der Waals surface area contributed by atoms with E-state index in [2.05, 4.69) is 36.6 Å². The van der Waals surface area contributed by atoms with Crippen LogP contribution in [0.4, 0.5) is 10.1 Å². The maximum Gasteiger partial charge on any atom is 0.290 e. The summed E-state index contributed by atoms with van der Waals surface area (Å²) in [5.74, 6) is -0.607. The van der Waals surface area contributed by atoms with E-state index >= 15 is 0 Å². The Hall–Kier alpha value is -3.99. The average molecular weight is 558 g/mol. The summed E-state index contributed by atoms with van der Waals surface area (Å²) in [7, 11) is 0. The summed E-state index contributed by atoms with van der Waals surface area (Å²) in [6.07, 6.45) is 0.124. The van der Waals surface area contributed by atoms with Gasteiger partial charge in [0.05, 0.1) is 22.1 Å². The second kappa shape index (κ2) is 10.6. The number of anilines is 1. The van der Waals surface area contributed by atoms with Crippen LogP contribution in [0.5, 0.6) is 0 Å². The molecule has 0 unspecified atom stereocenters. The minimum Gasteiger partial charge on any atom is -0.298 e. The molecule has 0 saturated heterocycles. The lowest BCUT2D eigenvalue weighted by molar-refractivity contribution is 0.0956. The van der Waals surface area contributed by atoms with E-state index in [4.69, 9.17) is 34.8 Å². The molecular formula is C24H16Cl3FN8O. The van der Waals surface area contributed by atoms with Crippen LogP contribution in [-0.4, -0.2) is 36.3 Å². The number of hydrogen-bond donors (Lipinski definition) is 3. The van der Waals surface area contributed by atoms with Crippen LogP contribution < -0.4 is 10.9 Å². The number of nitrogens with one attached hydrogen (secondary N) is 3. The molecule has 0 radical (unpaired) electrons. The van der Waals surface area contributed by atoms with Gasteiger partial charge in [0.1, 0.15) is 5.82 Å². The van der Waals surface area contributed by atoms with Crippen molar-refractivity contribution in [3.05, 3.63) is 105 Å². The van der Waals surface area contributed by atoms with Gasteiger partial charge in [-0.2, -0.15) is 10.3 Å². The summed E-state index contributed by atoms with van der Waals surface area (Å²) in [6, 6.07) is 17.5. The first-order chi connectivity index (χ1) is 17.9. The predicted molar refractivity (Wildman–Crippen MR) is 139 cm³/mol. The summed E-state index contributed by atoms with van der Waals surface area (Å²) in [4.78, 5) is 13.4. The third-order valence-electron chi connectivity index (χ3n) is 5.34. The molecule has 13 heteroatoms. The number of rotatable bonds is 7. The Morgan fingerprint density at radius 1 is 0.973 bits per heavy atom. The number of benzene rings is 3. The monoisotopic (exact) mass is 556 g/mol. The molecule has 5 rings (SSSR count). The molecular weight excluding hydrogens is 542 g/mol. The van der Waals surface area contributed by atoms with Crippen LogP contribution in [0.1, 0.15) is 21.9 Å². The smallest absolute Gasteiger partial charge is 0.290 e. The van der Waals surface area contributed by atoms with Crippen molar-refractivity contribution in [2.45, 2.75) is 6.42 Å². The number of hydrazine groups is 1. The zero-order valence-corrected chi connectivity index (χ0v) is 21.0. The number of halogens is 4. The number of carbonyl (C=O) groups excluding carboxylic acids is 1. The van der Waals surface area contributed by atoms with Crippen LogP contribution in [-0.2, 0) is 6.42 Å². The van der Waals surface area contributed by atoms with Gasteiger partial charge in [-0.15, -0.1) is 10.2 Å². The fourth-order valence-corrected chi connectivity index (χ4v) is 4.28. The Labute approximate surface area is 224 Å². The van der Waals surface area contributed by atoms with Crippen LogP contribution in [0.15, 0.2) is 66.7 Å². The Kier molecular flexibility index (Phi) is 7.04. The van der Waals surface area contributed by atoms with Gasteiger partial charge in [-0.1, -0.05) is 52.1 Å². The van der Waals surface area contributed by atoms with Gasteiger partial charge < -0.3 is 0 Å². The lowest BCUT2D eigenvalue weighted by Crippen LogP contribution is -2.30. The minimum atomic E-state index is -0.554. The minimum absolute atomic E-state index is 0.0791. The lowest BCUT2D eigenvalue weighted by atomic mass is 10.0. The third-order valence-corrected chi connectivity index (χ3v) is 6.13. The molecule has 0 spiro atoms. The summed E-state index contributed by atoms with van der Waals surface area (Å²) in [5, 5.41) is 20.1. The maximum atomic E-state index is 13.4. The van der Waals surface area contributed by atoms with Gasteiger partial charge >= 0.3 is 0 Å². The molecule has 186 valence electrons. The SMILES string of the molecule is O=C(NNc1ccc(F)cc1)c1nn(-c2ccc(Cl)cc2Cl)c(-c2ccc(Cl)cc2)c1Cc1nn[nH]n1. The van der Waals surface area contributed by atoms with Crippen molar-refractivity contribution < 1.29 is 9.18 Å². The lowest BCUT2D eigenvalue weighted by Gasteiger charge is -2.11. The van der Waals surface area contributed by atoms with Crippen LogP contribution in [0, 0.1) is 5.82 Å². The van der Waals surface area contributed by atoms with Crippen molar-refractivity contribution in [3.63, 3.8) is 0 Å². The molecule has 0 aliphatic rings. The molecule has 2 heterocycles. The number of amides is 1. The molecule has 0 bridgehead atoms. The molecule has 0 fully saturated rings. The van der Waals surface area contributed by atoms with Gasteiger partial charge in [0.15, 0.2) is 11.5 Å². The highest BCUT2D eigenvalue weighted by atomic mass is 35.5. The number of carbonyl (C=O) groups is 1. The van der Waals surface area contributed by atoms with Crippen molar-refractivity contribution in [1.29, 1.82) is 0 Å². The highest BCUT2D eigenvalue weighted by Gasteiger charge is 2.27. The van der Waals surface area contributed by atoms with Gasteiger partial charge in [0.2, 0.25) is 0 Å². The zero-order valence-electron chi connectivity index (χ0n) is 18.7. The normalized spacial score (nSPS) is 10.9. The molecule has 5 aromatic rings. The number of H-pyrrole nitrogens is 1. The van der Waals surface area contributed by atoms with E-state index in [0.29, 0.717) is 49.1 Å². The first kappa shape index (κ1) is 24.7. The highest BCUT2D eigenvalue weighted by molar-refractivity contribution is 6.35. The molecule has 1 amide bonds. The van der Waals surface area contributed by atoms with Gasteiger partial charge in [-0.25, -0.2) is 9.07 Å². The van der Waals surface area contributed by atoms with Crippen molar-refractivity contribution in [2.75, 3.05) is 5.43 Å². The number of tetrazole rings is 1. The van der Waals surface area contributed by atoms with Gasteiger partial charge in [-0.05, 0) is 54.6 Å².